The lowest BCUT2D eigenvalue weighted by Gasteiger charge is -2.34. The van der Waals surface area contributed by atoms with Gasteiger partial charge in [0.2, 0.25) is 0 Å². The van der Waals surface area contributed by atoms with Gasteiger partial charge in [0.15, 0.2) is 0 Å². The summed E-state index contributed by atoms with van der Waals surface area (Å²) in [5.74, 6) is 3.07. The van der Waals surface area contributed by atoms with Crippen LogP contribution in [-0.4, -0.2) is 59.7 Å². The highest BCUT2D eigenvalue weighted by Gasteiger charge is 2.35. The molecule has 5 heterocycles. The molecule has 0 aromatic heterocycles. The average Bonchev–Trinajstić information content (AvgIpc) is 3.43. The van der Waals surface area contributed by atoms with Crippen LogP contribution in [0.1, 0.15) is 32.1 Å². The lowest BCUT2D eigenvalue weighted by molar-refractivity contribution is 0.251. The first-order valence-electron chi connectivity index (χ1n) is 10.3. The minimum absolute atomic E-state index is 0.319. The van der Waals surface area contributed by atoms with Gasteiger partial charge in [-0.25, -0.2) is 4.99 Å². The summed E-state index contributed by atoms with van der Waals surface area (Å²) in [6.07, 6.45) is 19.5. The van der Waals surface area contributed by atoms with E-state index >= 15 is 0 Å². The Morgan fingerprint density at radius 3 is 2.96 bits per heavy atom. The molecule has 2 fully saturated rings. The minimum atomic E-state index is 0.319. The fraction of sp³-hybridized carbons (Fsp3) is 0.619. The molecular formula is C21H29N5. The van der Waals surface area contributed by atoms with Crippen LogP contribution in [0, 0.1) is 11.8 Å². The first-order valence-corrected chi connectivity index (χ1v) is 10.3. The van der Waals surface area contributed by atoms with Crippen LogP contribution >= 0.6 is 0 Å². The number of likely N-dealkylation sites (tertiary alicyclic amines) is 2. The number of aliphatic imine (C=N–C) groups is 2. The molecule has 5 heteroatoms. The predicted octanol–water partition coefficient (Wildman–Crippen LogP) is 2.55. The molecule has 26 heavy (non-hydrogen) atoms. The largest absolute Gasteiger partial charge is 0.353 e. The van der Waals surface area contributed by atoms with E-state index in [9.17, 15) is 0 Å². The average molecular weight is 351 g/mol. The Balaban J connectivity index is 1.32. The van der Waals surface area contributed by atoms with Crippen LogP contribution in [0.5, 0.6) is 0 Å². The maximum atomic E-state index is 5.24. The van der Waals surface area contributed by atoms with E-state index in [1.54, 1.807) is 0 Å². The third-order valence-corrected chi connectivity index (χ3v) is 6.51. The van der Waals surface area contributed by atoms with Gasteiger partial charge in [-0.2, -0.15) is 0 Å². The molecular weight excluding hydrogens is 322 g/mol. The Morgan fingerprint density at radius 2 is 2.04 bits per heavy atom. The van der Waals surface area contributed by atoms with Crippen LogP contribution in [0.4, 0.5) is 0 Å². The van der Waals surface area contributed by atoms with Gasteiger partial charge >= 0.3 is 0 Å². The van der Waals surface area contributed by atoms with Gasteiger partial charge in [-0.1, -0.05) is 18.2 Å². The maximum Gasteiger partial charge on any atom is 0.123 e. The SMILES string of the molecule is C1=CC(N2CCC[C@H]2CN2CCCC2)=NC(C2C=CN=C3NC=CC32)C1. The van der Waals surface area contributed by atoms with E-state index in [1.807, 2.05) is 12.4 Å². The fourth-order valence-electron chi connectivity index (χ4n) is 5.15. The van der Waals surface area contributed by atoms with Crippen LogP contribution in [-0.2, 0) is 0 Å². The molecule has 5 nitrogen and oxygen atoms in total. The van der Waals surface area contributed by atoms with Gasteiger partial charge in [-0.15, -0.1) is 0 Å². The van der Waals surface area contributed by atoms with Crippen molar-refractivity contribution in [2.45, 2.75) is 44.2 Å². The second kappa shape index (κ2) is 7.03. The lowest BCUT2D eigenvalue weighted by atomic mass is 9.83. The number of hydrogen-bond donors (Lipinski definition) is 1. The van der Waals surface area contributed by atoms with Gasteiger partial charge in [0.25, 0.3) is 0 Å². The summed E-state index contributed by atoms with van der Waals surface area (Å²) in [4.78, 5) is 15.0. The number of nitrogens with one attached hydrogen (secondary N) is 1. The van der Waals surface area contributed by atoms with E-state index < -0.39 is 0 Å². The quantitative estimate of drug-likeness (QED) is 0.850. The highest BCUT2D eigenvalue weighted by Crippen LogP contribution is 2.32. The van der Waals surface area contributed by atoms with Crippen molar-refractivity contribution in [1.82, 2.24) is 15.1 Å². The highest BCUT2D eigenvalue weighted by atomic mass is 15.3. The molecule has 0 aliphatic carbocycles. The normalized spacial score (nSPS) is 36.2. The number of dihydropyridines is 1. The molecule has 3 unspecified atom stereocenters. The second-order valence-electron chi connectivity index (χ2n) is 8.15. The van der Waals surface area contributed by atoms with Gasteiger partial charge in [0.1, 0.15) is 11.7 Å². The Labute approximate surface area is 156 Å². The van der Waals surface area contributed by atoms with E-state index in [0.29, 0.717) is 23.9 Å². The van der Waals surface area contributed by atoms with Crippen molar-refractivity contribution < 1.29 is 0 Å². The Bertz CT molecular complexity index is 683. The molecule has 5 aliphatic rings. The molecule has 0 amide bonds. The molecule has 4 atom stereocenters. The maximum absolute atomic E-state index is 5.24. The van der Waals surface area contributed by atoms with Crippen molar-refractivity contribution >= 4 is 11.7 Å². The van der Waals surface area contributed by atoms with Crippen LogP contribution in [0.25, 0.3) is 0 Å². The summed E-state index contributed by atoms with van der Waals surface area (Å²) < 4.78 is 0. The molecule has 1 N–H and O–H groups in total. The van der Waals surface area contributed by atoms with E-state index in [-0.39, 0.29) is 0 Å². The molecule has 0 radical (unpaired) electrons. The summed E-state index contributed by atoms with van der Waals surface area (Å²) in [7, 11) is 0. The van der Waals surface area contributed by atoms with Crippen LogP contribution in [0.15, 0.2) is 46.7 Å². The molecule has 138 valence electrons. The fourth-order valence-corrected chi connectivity index (χ4v) is 5.15. The van der Waals surface area contributed by atoms with Gasteiger partial charge in [0.05, 0.1) is 6.04 Å². The number of amidine groups is 2. The Hall–Kier alpha value is -1.88. The molecule has 0 aromatic carbocycles. The topological polar surface area (TPSA) is 43.2 Å². The van der Waals surface area contributed by atoms with Crippen molar-refractivity contribution in [2.75, 3.05) is 26.2 Å². The Kier molecular flexibility index (Phi) is 4.41. The molecule has 0 saturated carbocycles. The van der Waals surface area contributed by atoms with E-state index in [0.717, 1.165) is 18.8 Å². The summed E-state index contributed by atoms with van der Waals surface area (Å²) >= 11 is 0. The van der Waals surface area contributed by atoms with Crippen molar-refractivity contribution in [1.29, 1.82) is 0 Å². The number of rotatable bonds is 3. The van der Waals surface area contributed by atoms with Gasteiger partial charge in [0, 0.05) is 37.2 Å². The number of nitrogens with zero attached hydrogens (tertiary/aromatic N) is 4. The smallest absolute Gasteiger partial charge is 0.123 e. The first-order chi connectivity index (χ1) is 12.9. The third-order valence-electron chi connectivity index (χ3n) is 6.51. The highest BCUT2D eigenvalue weighted by molar-refractivity contribution is 5.94. The number of fused-ring (bicyclic) bond motifs is 1. The van der Waals surface area contributed by atoms with Gasteiger partial charge in [-0.3, -0.25) is 4.99 Å². The van der Waals surface area contributed by atoms with E-state index in [2.05, 4.69) is 44.4 Å². The zero-order valence-corrected chi connectivity index (χ0v) is 15.4. The summed E-state index contributed by atoms with van der Waals surface area (Å²) in [6.45, 7) is 4.94. The summed E-state index contributed by atoms with van der Waals surface area (Å²) in [5.41, 5.74) is 0. The lowest BCUT2D eigenvalue weighted by Crippen LogP contribution is -2.43. The predicted molar refractivity (Wildman–Crippen MR) is 106 cm³/mol. The van der Waals surface area contributed by atoms with Crippen LogP contribution < -0.4 is 5.32 Å². The molecule has 0 bridgehead atoms. The van der Waals surface area contributed by atoms with Crippen molar-refractivity contribution in [3.63, 3.8) is 0 Å². The van der Waals surface area contributed by atoms with Gasteiger partial charge < -0.3 is 15.1 Å². The van der Waals surface area contributed by atoms with Crippen molar-refractivity contribution in [3.8, 4) is 0 Å². The van der Waals surface area contributed by atoms with E-state index in [4.69, 9.17) is 4.99 Å². The van der Waals surface area contributed by atoms with Crippen molar-refractivity contribution in [3.05, 3.63) is 36.7 Å². The molecule has 2 saturated heterocycles. The summed E-state index contributed by atoms with van der Waals surface area (Å²) in [5, 5.41) is 3.28. The Morgan fingerprint density at radius 1 is 1.12 bits per heavy atom. The van der Waals surface area contributed by atoms with Crippen LogP contribution in [0.2, 0.25) is 0 Å². The minimum Gasteiger partial charge on any atom is -0.353 e. The van der Waals surface area contributed by atoms with E-state index in [1.165, 1.54) is 51.2 Å². The first kappa shape index (κ1) is 16.3. The zero-order chi connectivity index (χ0) is 17.3. The molecule has 5 aliphatic heterocycles. The monoisotopic (exact) mass is 351 g/mol. The molecule has 0 spiro atoms. The number of hydrogen-bond acceptors (Lipinski definition) is 5. The summed E-state index contributed by atoms with van der Waals surface area (Å²) in [6, 6.07) is 0.960. The standard InChI is InChI=1S/C21H29N5/c1-2-13-25(12-1)15-16-5-4-14-26(16)20-7-3-6-19(24-20)17-8-10-22-21-18(17)9-11-23-21/h3,7-11,16-19H,1-2,4-6,12-15H2,(H,22,23)/t16-,17?,18?,19?/m0/s1. The zero-order valence-electron chi connectivity index (χ0n) is 15.4. The second-order valence-corrected chi connectivity index (χ2v) is 8.15. The third kappa shape index (κ3) is 3.02. The molecule has 0 aromatic rings. The molecule has 5 rings (SSSR count). The van der Waals surface area contributed by atoms with Crippen LogP contribution in [0.3, 0.4) is 0 Å². The van der Waals surface area contributed by atoms with Gasteiger partial charge in [-0.05, 0) is 57.5 Å². The van der Waals surface area contributed by atoms with Crippen molar-refractivity contribution in [2.24, 2.45) is 21.8 Å².